The van der Waals surface area contributed by atoms with Crippen molar-refractivity contribution in [3.05, 3.63) is 23.8 Å². The van der Waals surface area contributed by atoms with E-state index >= 15 is 0 Å². The summed E-state index contributed by atoms with van der Waals surface area (Å²) in [5.74, 6) is -0.0890. The lowest BCUT2D eigenvalue weighted by Gasteiger charge is -2.64. The fourth-order valence-electron chi connectivity index (χ4n) is 18.1. The van der Waals surface area contributed by atoms with Crippen LogP contribution in [0.25, 0.3) is 0 Å². The van der Waals surface area contributed by atoms with Crippen molar-refractivity contribution in [1.29, 1.82) is 0 Å². The van der Waals surface area contributed by atoms with Gasteiger partial charge in [-0.05, 0) is 131 Å². The van der Waals surface area contributed by atoms with E-state index < -0.39 is 160 Å². The molecule has 0 aromatic rings. The minimum Gasteiger partial charge on any atom is -0.461 e. The smallest absolute Gasteiger partial charge is 0.329 e. The predicted octanol–water partition coefficient (Wildman–Crippen LogP) is -0.684. The van der Waals surface area contributed by atoms with Gasteiger partial charge in [0.15, 0.2) is 25.2 Å². The van der Waals surface area contributed by atoms with E-state index in [9.17, 15) is 70.9 Å². The SMILES string of the molecule is C/C(=C\C=C\[C@@H](C)[C@H]1CC[C@@]2(C)[C@@H]3CC[C@H]4C(C)(C)[C@@H](O[C@@H]5O[C@H](CO)[C@@H](O[C@@H]6O[C@@H](C)[C@H](O)[C@@H](O)[C@H]6O)[C@H](O)[C@H]5O[C@@H]5O[C@H](CO)[C@@H](O)[C@H](O)[C@H]5O[C@@H]5O[C@@H](C)[C@H](O)[C@@H](O)[C@H]5O)CC[C@@]45C[C@@]35CC[C@]12CO)C(=O)NC1C(=O)OC(C)C1C. The Kier molecular flexibility index (Phi) is 18.5. The highest BCUT2D eigenvalue weighted by molar-refractivity contribution is 5.96. The number of fused-ring (bicyclic) bond motifs is 2. The molecule has 10 aliphatic rings. The molecule has 1 amide bonds. The van der Waals surface area contributed by atoms with Crippen LogP contribution in [0.5, 0.6) is 0 Å². The third kappa shape index (κ3) is 10.5. The van der Waals surface area contributed by atoms with Gasteiger partial charge in [0.1, 0.15) is 97.6 Å². The lowest BCUT2D eigenvalue weighted by atomic mass is 9.41. The Bertz CT molecular complexity index is 2420. The van der Waals surface area contributed by atoms with Crippen LogP contribution in [0.4, 0.5) is 0 Å². The first-order valence-corrected chi connectivity index (χ1v) is 30.6. The zero-order valence-electron chi connectivity index (χ0n) is 49.7. The molecule has 0 aromatic heterocycles. The molecule has 5 heterocycles. The van der Waals surface area contributed by atoms with Gasteiger partial charge in [0, 0.05) is 23.5 Å². The van der Waals surface area contributed by atoms with Crippen molar-refractivity contribution in [2.75, 3.05) is 19.8 Å². The molecule has 13 N–H and O–H groups in total. The maximum atomic E-state index is 13.1. The summed E-state index contributed by atoms with van der Waals surface area (Å²) in [6, 6.07) is -0.698. The molecule has 5 aliphatic heterocycles. The van der Waals surface area contributed by atoms with E-state index in [0.29, 0.717) is 17.9 Å². The predicted molar refractivity (Wildman–Crippen MR) is 291 cm³/mol. The average Bonchev–Trinajstić information content (AvgIpc) is 1.46. The third-order valence-electron chi connectivity index (χ3n) is 23.3. The number of aliphatic hydroxyl groups excluding tert-OH is 12. The number of aliphatic hydroxyl groups is 12. The Morgan fingerprint density at radius 1 is 0.619 bits per heavy atom. The molecule has 0 aromatic carbocycles. The monoisotopic (exact) mass is 1200 g/mol. The van der Waals surface area contributed by atoms with Gasteiger partial charge in [-0.3, -0.25) is 4.79 Å². The number of allylic oxidation sites excluding steroid dienone is 3. The summed E-state index contributed by atoms with van der Waals surface area (Å²) in [6.07, 6.45) is -19.8. The Balaban J connectivity index is 0.881. The second kappa shape index (κ2) is 24.1. The van der Waals surface area contributed by atoms with Gasteiger partial charge in [-0.15, -0.1) is 0 Å². The zero-order chi connectivity index (χ0) is 61.1. The Morgan fingerprint density at radius 2 is 1.18 bits per heavy atom. The number of nitrogens with one attached hydrogen (secondary N) is 1. The maximum absolute atomic E-state index is 13.1. The van der Waals surface area contributed by atoms with Crippen molar-refractivity contribution in [1.82, 2.24) is 5.32 Å². The number of esters is 1. The number of cyclic esters (lactones) is 1. The number of carbonyl (C=O) groups is 2. The lowest BCUT2D eigenvalue weighted by Crippen LogP contribution is -2.68. The number of carbonyl (C=O) groups excluding carboxylic acids is 2. The fourth-order valence-corrected chi connectivity index (χ4v) is 18.1. The molecule has 24 heteroatoms. The Hall–Kier alpha value is -2.38. The number of ether oxygens (including phenoxy) is 9. The highest BCUT2D eigenvalue weighted by Gasteiger charge is 2.83. The van der Waals surface area contributed by atoms with Crippen LogP contribution < -0.4 is 5.32 Å². The molecule has 5 aliphatic carbocycles. The first-order chi connectivity index (χ1) is 39.6. The van der Waals surface area contributed by atoms with Crippen molar-refractivity contribution < 1.29 is 113 Å². The van der Waals surface area contributed by atoms with Gasteiger partial charge >= 0.3 is 5.97 Å². The van der Waals surface area contributed by atoms with Crippen molar-refractivity contribution in [2.45, 2.75) is 261 Å². The maximum Gasteiger partial charge on any atom is 0.329 e. The number of rotatable bonds is 16. The highest BCUT2D eigenvalue weighted by Crippen LogP contribution is 2.89. The summed E-state index contributed by atoms with van der Waals surface area (Å²) in [6.45, 7) is 15.7. The molecule has 84 heavy (non-hydrogen) atoms. The zero-order valence-corrected chi connectivity index (χ0v) is 49.7. The van der Waals surface area contributed by atoms with Crippen LogP contribution in [0.15, 0.2) is 23.8 Å². The van der Waals surface area contributed by atoms with Crippen molar-refractivity contribution in [2.24, 2.45) is 56.7 Å². The van der Waals surface area contributed by atoms with E-state index in [1.54, 1.807) is 13.0 Å². The molecule has 5 saturated carbocycles. The van der Waals surface area contributed by atoms with Crippen LogP contribution in [0.3, 0.4) is 0 Å². The molecule has 2 spiro atoms. The Morgan fingerprint density at radius 3 is 1.77 bits per heavy atom. The summed E-state index contributed by atoms with van der Waals surface area (Å²) in [5.41, 5.74) is -0.555. The van der Waals surface area contributed by atoms with Gasteiger partial charge < -0.3 is 109 Å². The molecule has 0 bridgehead atoms. The largest absolute Gasteiger partial charge is 0.461 e. The van der Waals surface area contributed by atoms with Crippen LogP contribution in [0.2, 0.25) is 0 Å². The molecule has 24 nitrogen and oxygen atoms in total. The molecular formula is C60H95NO23. The number of amides is 1. The van der Waals surface area contributed by atoms with Crippen LogP contribution >= 0.6 is 0 Å². The standard InChI is InChI=1S/C60H95NO23/c1-25(11-10-12-26(2)50(74)61-37-27(3)28(4)76-51(37)75)31-15-17-57(9)35-14-13-34-56(7,8)36(16-18-58(34)23-59(35,58)19-20-60(31,57)24-64)81-54-49(46(73)47(33(22-63)80-54)82-52-44(71)41(68)38(65)29(5)77-52)84-55-48(43(70)40(67)32(21-62)79-55)83-53-45(72)42(69)39(66)30(6)78-53/h10-12,25,27-49,52-55,62-73H,13-24H2,1-9H3,(H,61,74)/b11-10+,26-12+/t25-,27?,28?,29+,30+,31-,32-,33-,34+,35+,36+,37?,38+,39+,40-,41-,42-,43+,44-,45-,46+,47-,48-,49-,52+,53+,54+,55+,57+,58-,59+,60+/m1/s1. The third-order valence-corrected chi connectivity index (χ3v) is 23.3. The first-order valence-electron chi connectivity index (χ1n) is 30.6. The quantitative estimate of drug-likeness (QED) is 0.0394. The van der Waals surface area contributed by atoms with E-state index in [1.165, 1.54) is 13.8 Å². The second-order valence-corrected chi connectivity index (χ2v) is 27.7. The van der Waals surface area contributed by atoms with E-state index in [-0.39, 0.29) is 63.9 Å². The molecule has 0 radical (unpaired) electrons. The number of hydrogen-bond donors (Lipinski definition) is 13. The minimum absolute atomic E-state index is 0.0277. The van der Waals surface area contributed by atoms with Gasteiger partial charge in [-0.2, -0.15) is 0 Å². The minimum atomic E-state index is -1.93. The molecular weight excluding hydrogens is 1100 g/mol. The summed E-state index contributed by atoms with van der Waals surface area (Å²) < 4.78 is 55.1. The molecule has 478 valence electrons. The molecule has 5 saturated heterocycles. The van der Waals surface area contributed by atoms with Crippen molar-refractivity contribution in [3.63, 3.8) is 0 Å². The van der Waals surface area contributed by atoms with Crippen molar-refractivity contribution in [3.8, 4) is 0 Å². The van der Waals surface area contributed by atoms with Crippen molar-refractivity contribution >= 4 is 11.9 Å². The van der Waals surface area contributed by atoms with Gasteiger partial charge in [-0.1, -0.05) is 52.8 Å². The van der Waals surface area contributed by atoms with Gasteiger partial charge in [0.25, 0.3) is 0 Å². The van der Waals surface area contributed by atoms with E-state index in [1.807, 2.05) is 19.9 Å². The fraction of sp³-hybridized carbons (Fsp3) is 0.900. The van der Waals surface area contributed by atoms with Crippen LogP contribution in [-0.4, -0.2) is 234 Å². The average molecular weight is 1200 g/mol. The summed E-state index contributed by atoms with van der Waals surface area (Å²) in [7, 11) is 0. The summed E-state index contributed by atoms with van der Waals surface area (Å²) in [5, 5.41) is 135. The van der Waals surface area contributed by atoms with Gasteiger partial charge in [-0.25, -0.2) is 4.79 Å². The first kappa shape index (κ1) is 64.6. The summed E-state index contributed by atoms with van der Waals surface area (Å²) in [4.78, 5) is 25.5. The van der Waals surface area contributed by atoms with Gasteiger partial charge in [0.2, 0.25) is 5.91 Å². The second-order valence-electron chi connectivity index (χ2n) is 27.7. The molecule has 3 unspecified atom stereocenters. The van der Waals surface area contributed by atoms with Gasteiger partial charge in [0.05, 0.1) is 31.5 Å². The van der Waals surface area contributed by atoms with Crippen LogP contribution in [0, 0.1) is 56.7 Å². The normalized spacial score (nSPS) is 53.1. The summed E-state index contributed by atoms with van der Waals surface area (Å²) >= 11 is 0. The Labute approximate surface area is 490 Å². The molecule has 32 atom stereocenters. The topological polar surface area (TPSA) is 372 Å². The highest BCUT2D eigenvalue weighted by atomic mass is 16.8. The number of hydrogen-bond acceptors (Lipinski definition) is 23. The van der Waals surface area contributed by atoms with Crippen LogP contribution in [0.1, 0.15) is 120 Å². The van der Waals surface area contributed by atoms with Crippen LogP contribution in [-0.2, 0) is 52.2 Å². The molecule has 10 fully saturated rings. The molecule has 10 rings (SSSR count). The van der Waals surface area contributed by atoms with E-state index in [2.05, 4.69) is 39.1 Å². The van der Waals surface area contributed by atoms with E-state index in [0.717, 1.165) is 51.4 Å². The lowest BCUT2D eigenvalue weighted by molar-refractivity contribution is -0.406. The van der Waals surface area contributed by atoms with E-state index in [4.69, 9.17) is 42.6 Å².